The van der Waals surface area contributed by atoms with Crippen LogP contribution in [-0.4, -0.2) is 18.4 Å². The third kappa shape index (κ3) is 4.06. The van der Waals surface area contributed by atoms with Crippen molar-refractivity contribution < 1.29 is 18.0 Å². The molecule has 0 aliphatic carbocycles. The molecule has 1 fully saturated rings. The number of hydrogen-bond donors (Lipinski definition) is 1. The molecule has 1 aliphatic heterocycles. The lowest BCUT2D eigenvalue weighted by Crippen LogP contribution is -2.25. The molecule has 2 rings (SSSR count). The van der Waals surface area contributed by atoms with Crippen molar-refractivity contribution in [3.05, 3.63) is 35.4 Å². The van der Waals surface area contributed by atoms with Crippen LogP contribution in [0.2, 0.25) is 0 Å². The van der Waals surface area contributed by atoms with Crippen molar-refractivity contribution in [1.29, 1.82) is 0 Å². The van der Waals surface area contributed by atoms with Crippen LogP contribution in [0.1, 0.15) is 30.4 Å². The lowest BCUT2D eigenvalue weighted by molar-refractivity contribution is -0.137. The molecule has 19 heavy (non-hydrogen) atoms. The summed E-state index contributed by atoms with van der Waals surface area (Å²) >= 11 is 0. The van der Waals surface area contributed by atoms with Gasteiger partial charge in [-0.2, -0.15) is 13.2 Å². The monoisotopic (exact) mass is 271 g/mol. The molecular formula is C14H16F3NO. The van der Waals surface area contributed by atoms with E-state index < -0.39 is 11.7 Å². The fourth-order valence-electron chi connectivity index (χ4n) is 2.36. The predicted octanol–water partition coefficient (Wildman–Crippen LogP) is 2.96. The molecule has 1 atom stereocenters. The minimum atomic E-state index is -4.36. The first-order chi connectivity index (χ1) is 8.95. The molecular weight excluding hydrogens is 255 g/mol. The highest BCUT2D eigenvalue weighted by molar-refractivity contribution is 5.81. The van der Waals surface area contributed by atoms with Gasteiger partial charge < -0.3 is 5.32 Å². The van der Waals surface area contributed by atoms with E-state index in [1.54, 1.807) is 6.07 Å². The van der Waals surface area contributed by atoms with Gasteiger partial charge in [0.15, 0.2) is 0 Å². The van der Waals surface area contributed by atoms with Gasteiger partial charge in [0.1, 0.15) is 5.78 Å². The maximum absolute atomic E-state index is 12.5. The average Bonchev–Trinajstić information content (AvgIpc) is 2.80. The normalized spacial score (nSPS) is 19.6. The Labute approximate surface area is 110 Å². The van der Waals surface area contributed by atoms with Gasteiger partial charge in [-0.3, -0.25) is 4.79 Å². The van der Waals surface area contributed by atoms with E-state index in [-0.39, 0.29) is 18.2 Å². The molecule has 0 saturated carbocycles. The van der Waals surface area contributed by atoms with Crippen LogP contribution in [0.15, 0.2) is 24.3 Å². The Morgan fingerprint density at radius 1 is 1.37 bits per heavy atom. The maximum atomic E-state index is 12.5. The summed E-state index contributed by atoms with van der Waals surface area (Å²) < 4.78 is 37.6. The zero-order valence-electron chi connectivity index (χ0n) is 10.5. The third-order valence-electron chi connectivity index (χ3n) is 3.29. The van der Waals surface area contributed by atoms with Gasteiger partial charge in [-0.15, -0.1) is 0 Å². The second-order valence-electron chi connectivity index (χ2n) is 4.91. The van der Waals surface area contributed by atoms with Crippen LogP contribution in [0.3, 0.4) is 0 Å². The zero-order chi connectivity index (χ0) is 13.9. The molecule has 1 N–H and O–H groups in total. The summed E-state index contributed by atoms with van der Waals surface area (Å²) in [6, 6.07) is 5.18. The Morgan fingerprint density at radius 3 is 2.79 bits per heavy atom. The van der Waals surface area contributed by atoms with Gasteiger partial charge in [-0.1, -0.05) is 18.2 Å². The van der Waals surface area contributed by atoms with Crippen molar-refractivity contribution in [2.45, 2.75) is 37.9 Å². The molecule has 1 aromatic carbocycles. The highest BCUT2D eigenvalue weighted by atomic mass is 19.4. The number of rotatable bonds is 4. The second kappa shape index (κ2) is 5.74. The van der Waals surface area contributed by atoms with Crippen LogP contribution in [0.5, 0.6) is 0 Å². The Balaban J connectivity index is 1.96. The van der Waals surface area contributed by atoms with E-state index in [9.17, 15) is 18.0 Å². The third-order valence-corrected chi connectivity index (χ3v) is 3.29. The van der Waals surface area contributed by atoms with Gasteiger partial charge in [-0.05, 0) is 31.0 Å². The summed E-state index contributed by atoms with van der Waals surface area (Å²) in [5, 5.41) is 3.21. The number of Topliss-reactive ketones (excluding diaryl/α,β-unsaturated/α-hetero) is 1. The number of carbonyl (C=O) groups is 1. The van der Waals surface area contributed by atoms with Gasteiger partial charge >= 0.3 is 6.18 Å². The van der Waals surface area contributed by atoms with Gasteiger partial charge in [0.2, 0.25) is 0 Å². The van der Waals surface area contributed by atoms with Crippen LogP contribution < -0.4 is 5.32 Å². The minimum absolute atomic E-state index is 0.0151. The van der Waals surface area contributed by atoms with E-state index in [0.29, 0.717) is 12.0 Å². The lowest BCUT2D eigenvalue weighted by Gasteiger charge is -2.10. The van der Waals surface area contributed by atoms with E-state index in [0.717, 1.165) is 31.5 Å². The molecule has 0 radical (unpaired) electrons. The first kappa shape index (κ1) is 14.1. The fourth-order valence-corrected chi connectivity index (χ4v) is 2.36. The standard InChI is InChI=1S/C14H16F3NO/c15-14(16,17)11-4-1-3-10(7-11)8-13(19)9-12-5-2-6-18-12/h1,3-4,7,12,18H,2,5-6,8-9H2. The van der Waals surface area contributed by atoms with Crippen LogP contribution >= 0.6 is 0 Å². The Morgan fingerprint density at radius 2 is 2.16 bits per heavy atom. The molecule has 0 spiro atoms. The van der Waals surface area contributed by atoms with Gasteiger partial charge in [0.25, 0.3) is 0 Å². The number of halogens is 3. The first-order valence-corrected chi connectivity index (χ1v) is 6.36. The first-order valence-electron chi connectivity index (χ1n) is 6.36. The SMILES string of the molecule is O=C(Cc1cccc(C(F)(F)F)c1)CC1CCCN1. The largest absolute Gasteiger partial charge is 0.416 e. The van der Waals surface area contributed by atoms with E-state index in [4.69, 9.17) is 0 Å². The van der Waals surface area contributed by atoms with Crippen molar-refractivity contribution in [1.82, 2.24) is 5.32 Å². The molecule has 1 aliphatic rings. The smallest absolute Gasteiger partial charge is 0.314 e. The summed E-state index contributed by atoms with van der Waals surface area (Å²) in [6.07, 6.45) is -1.86. The van der Waals surface area contributed by atoms with E-state index in [1.807, 2.05) is 0 Å². The lowest BCUT2D eigenvalue weighted by atomic mass is 10.0. The molecule has 104 valence electrons. The minimum Gasteiger partial charge on any atom is -0.314 e. The summed E-state index contributed by atoms with van der Waals surface area (Å²) in [6.45, 7) is 0.918. The Bertz CT molecular complexity index is 450. The summed E-state index contributed by atoms with van der Waals surface area (Å²) in [5.41, 5.74) is -0.269. The highest BCUT2D eigenvalue weighted by Crippen LogP contribution is 2.29. The molecule has 1 aromatic rings. The number of hydrogen-bond acceptors (Lipinski definition) is 2. The quantitative estimate of drug-likeness (QED) is 0.912. The molecule has 1 unspecified atom stereocenters. The number of benzene rings is 1. The van der Waals surface area contributed by atoms with Crippen molar-refractivity contribution in [3.8, 4) is 0 Å². The zero-order valence-corrected chi connectivity index (χ0v) is 10.5. The average molecular weight is 271 g/mol. The number of nitrogens with one attached hydrogen (secondary N) is 1. The molecule has 0 amide bonds. The van der Waals surface area contributed by atoms with Crippen LogP contribution in [0, 0.1) is 0 Å². The van der Waals surface area contributed by atoms with Crippen LogP contribution in [0.4, 0.5) is 13.2 Å². The summed E-state index contributed by atoms with van der Waals surface area (Å²) in [7, 11) is 0. The second-order valence-corrected chi connectivity index (χ2v) is 4.91. The number of ketones is 1. The Kier molecular flexibility index (Phi) is 4.24. The Hall–Kier alpha value is -1.36. The molecule has 0 aromatic heterocycles. The molecule has 1 heterocycles. The van der Waals surface area contributed by atoms with Crippen molar-refractivity contribution >= 4 is 5.78 Å². The maximum Gasteiger partial charge on any atom is 0.416 e. The molecule has 2 nitrogen and oxygen atoms in total. The van der Waals surface area contributed by atoms with E-state index >= 15 is 0 Å². The van der Waals surface area contributed by atoms with Crippen molar-refractivity contribution in [3.63, 3.8) is 0 Å². The predicted molar refractivity (Wildman–Crippen MR) is 65.8 cm³/mol. The van der Waals surface area contributed by atoms with Gasteiger partial charge in [0.05, 0.1) is 5.56 Å². The summed E-state index contributed by atoms with van der Waals surface area (Å²) in [4.78, 5) is 11.8. The number of carbonyl (C=O) groups excluding carboxylic acids is 1. The van der Waals surface area contributed by atoms with Gasteiger partial charge in [-0.25, -0.2) is 0 Å². The fraction of sp³-hybridized carbons (Fsp3) is 0.500. The highest BCUT2D eigenvalue weighted by Gasteiger charge is 2.30. The molecule has 0 bridgehead atoms. The van der Waals surface area contributed by atoms with E-state index in [2.05, 4.69) is 5.32 Å². The van der Waals surface area contributed by atoms with Crippen LogP contribution in [0.25, 0.3) is 0 Å². The molecule has 5 heteroatoms. The van der Waals surface area contributed by atoms with Crippen molar-refractivity contribution in [2.75, 3.05) is 6.54 Å². The molecule has 1 saturated heterocycles. The number of alkyl halides is 3. The van der Waals surface area contributed by atoms with E-state index in [1.165, 1.54) is 6.07 Å². The van der Waals surface area contributed by atoms with Gasteiger partial charge in [0, 0.05) is 18.9 Å². The summed E-state index contributed by atoms with van der Waals surface area (Å²) in [5.74, 6) is -0.0151. The van der Waals surface area contributed by atoms with Crippen LogP contribution in [-0.2, 0) is 17.4 Å². The topological polar surface area (TPSA) is 29.1 Å². The van der Waals surface area contributed by atoms with Crippen molar-refractivity contribution in [2.24, 2.45) is 0 Å².